The first kappa shape index (κ1) is 13.6. The Morgan fingerprint density at radius 1 is 1.41 bits per heavy atom. The van der Waals surface area contributed by atoms with Gasteiger partial charge in [0.05, 0.1) is 0 Å². The standard InChI is InChI=1S/C11H16N2O3S/c1-4-7(5-2)12-11-13-8(10(15)16)9(17-11)6(3)14/h7H,4-5H2,1-3H3,(H,12,13)(H,15,16). The molecule has 5 nitrogen and oxygen atoms in total. The largest absolute Gasteiger partial charge is 0.476 e. The highest BCUT2D eigenvalue weighted by Gasteiger charge is 2.21. The Labute approximate surface area is 104 Å². The molecule has 6 heteroatoms. The van der Waals surface area contributed by atoms with Crippen molar-refractivity contribution in [3.8, 4) is 0 Å². The van der Waals surface area contributed by atoms with E-state index in [0.717, 1.165) is 24.2 Å². The zero-order valence-corrected chi connectivity index (χ0v) is 10.9. The lowest BCUT2D eigenvalue weighted by atomic mass is 10.2. The van der Waals surface area contributed by atoms with Gasteiger partial charge < -0.3 is 10.4 Å². The van der Waals surface area contributed by atoms with Crippen molar-refractivity contribution in [3.05, 3.63) is 10.6 Å². The summed E-state index contributed by atoms with van der Waals surface area (Å²) in [6, 6.07) is 0.252. The molecule has 94 valence electrons. The second-order valence-electron chi connectivity index (χ2n) is 3.72. The number of thiazole rings is 1. The monoisotopic (exact) mass is 256 g/mol. The van der Waals surface area contributed by atoms with Crippen LogP contribution in [0.25, 0.3) is 0 Å². The quantitative estimate of drug-likeness (QED) is 0.765. The van der Waals surface area contributed by atoms with E-state index in [2.05, 4.69) is 10.3 Å². The number of rotatable bonds is 6. The first-order chi connectivity index (χ1) is 7.99. The molecule has 1 aromatic rings. The van der Waals surface area contributed by atoms with Gasteiger partial charge in [-0.3, -0.25) is 4.79 Å². The second kappa shape index (κ2) is 5.77. The van der Waals surface area contributed by atoms with Gasteiger partial charge in [-0.25, -0.2) is 9.78 Å². The van der Waals surface area contributed by atoms with Crippen molar-refractivity contribution < 1.29 is 14.7 Å². The van der Waals surface area contributed by atoms with Crippen LogP contribution in [0, 0.1) is 0 Å². The number of anilines is 1. The van der Waals surface area contributed by atoms with Gasteiger partial charge in [0, 0.05) is 13.0 Å². The third-order valence-electron chi connectivity index (χ3n) is 2.46. The Balaban J connectivity index is 2.99. The molecule has 1 rings (SSSR count). The molecule has 0 bridgehead atoms. The van der Waals surface area contributed by atoms with E-state index in [4.69, 9.17) is 5.11 Å². The van der Waals surface area contributed by atoms with Gasteiger partial charge >= 0.3 is 5.97 Å². The van der Waals surface area contributed by atoms with Crippen molar-refractivity contribution in [2.45, 2.75) is 39.7 Å². The molecule has 17 heavy (non-hydrogen) atoms. The van der Waals surface area contributed by atoms with Crippen molar-refractivity contribution in [3.63, 3.8) is 0 Å². The predicted octanol–water partition coefficient (Wildman–Crippen LogP) is 2.64. The summed E-state index contributed by atoms with van der Waals surface area (Å²) in [6.45, 7) is 5.43. The minimum absolute atomic E-state index is 0.157. The molecule has 1 aromatic heterocycles. The van der Waals surface area contributed by atoms with Gasteiger partial charge in [0.25, 0.3) is 0 Å². The number of carboxylic acid groups (broad SMARTS) is 1. The summed E-state index contributed by atoms with van der Waals surface area (Å²) in [5.41, 5.74) is -0.157. The first-order valence-corrected chi connectivity index (χ1v) is 6.32. The molecule has 0 aliphatic carbocycles. The normalized spacial score (nSPS) is 10.6. The van der Waals surface area contributed by atoms with Crippen molar-refractivity contribution in [1.29, 1.82) is 0 Å². The lowest BCUT2D eigenvalue weighted by Gasteiger charge is -2.12. The van der Waals surface area contributed by atoms with Crippen molar-refractivity contribution in [2.24, 2.45) is 0 Å². The number of hydrogen-bond donors (Lipinski definition) is 2. The second-order valence-corrected chi connectivity index (χ2v) is 4.71. The molecule has 0 spiro atoms. The molecule has 0 radical (unpaired) electrons. The lowest BCUT2D eigenvalue weighted by Crippen LogP contribution is -2.16. The number of carbonyl (C=O) groups excluding carboxylic acids is 1. The average molecular weight is 256 g/mol. The molecule has 0 fully saturated rings. The van der Waals surface area contributed by atoms with Crippen LogP contribution in [0.3, 0.4) is 0 Å². The van der Waals surface area contributed by atoms with Crippen LogP contribution in [-0.2, 0) is 0 Å². The van der Waals surface area contributed by atoms with Gasteiger partial charge in [-0.2, -0.15) is 0 Å². The number of aromatic nitrogens is 1. The van der Waals surface area contributed by atoms with Crippen LogP contribution in [0.2, 0.25) is 0 Å². The fraction of sp³-hybridized carbons (Fsp3) is 0.545. The number of hydrogen-bond acceptors (Lipinski definition) is 5. The minimum Gasteiger partial charge on any atom is -0.476 e. The fourth-order valence-corrected chi connectivity index (χ4v) is 2.36. The van der Waals surface area contributed by atoms with Crippen LogP contribution >= 0.6 is 11.3 Å². The zero-order chi connectivity index (χ0) is 13.0. The van der Waals surface area contributed by atoms with Gasteiger partial charge in [-0.15, -0.1) is 0 Å². The number of Topliss-reactive ketones (excluding diaryl/α,β-unsaturated/α-hetero) is 1. The van der Waals surface area contributed by atoms with E-state index in [-0.39, 0.29) is 22.4 Å². The smallest absolute Gasteiger partial charge is 0.356 e. The van der Waals surface area contributed by atoms with Crippen molar-refractivity contribution >= 4 is 28.2 Å². The summed E-state index contributed by atoms with van der Waals surface area (Å²) in [5, 5.41) is 12.6. The number of nitrogens with one attached hydrogen (secondary N) is 1. The summed E-state index contributed by atoms with van der Waals surface area (Å²) < 4.78 is 0. The van der Waals surface area contributed by atoms with Gasteiger partial charge in [-0.05, 0) is 12.8 Å². The Kier molecular flexibility index (Phi) is 4.62. The highest BCUT2D eigenvalue weighted by molar-refractivity contribution is 7.17. The molecule has 0 unspecified atom stereocenters. The number of carbonyl (C=O) groups is 2. The zero-order valence-electron chi connectivity index (χ0n) is 10.1. The maximum Gasteiger partial charge on any atom is 0.356 e. The fourth-order valence-electron chi connectivity index (χ4n) is 1.43. The highest BCUT2D eigenvalue weighted by atomic mass is 32.1. The van der Waals surface area contributed by atoms with E-state index in [9.17, 15) is 9.59 Å². The number of nitrogens with zero attached hydrogens (tertiary/aromatic N) is 1. The third kappa shape index (κ3) is 3.26. The lowest BCUT2D eigenvalue weighted by molar-refractivity contribution is 0.0687. The van der Waals surface area contributed by atoms with Crippen molar-refractivity contribution in [1.82, 2.24) is 4.98 Å². The molecule has 0 saturated carbocycles. The van der Waals surface area contributed by atoms with Crippen LogP contribution in [0.4, 0.5) is 5.13 Å². The van der Waals surface area contributed by atoms with E-state index >= 15 is 0 Å². The molecule has 0 atom stereocenters. The molecule has 2 N–H and O–H groups in total. The van der Waals surface area contributed by atoms with E-state index in [1.54, 1.807) is 0 Å². The Morgan fingerprint density at radius 2 is 2.00 bits per heavy atom. The molecule has 0 aromatic carbocycles. The minimum atomic E-state index is -1.16. The van der Waals surface area contributed by atoms with Crippen LogP contribution in [-0.4, -0.2) is 27.9 Å². The van der Waals surface area contributed by atoms with Crippen LogP contribution in [0.1, 0.15) is 53.8 Å². The van der Waals surface area contributed by atoms with Gasteiger partial charge in [0.1, 0.15) is 4.88 Å². The van der Waals surface area contributed by atoms with Gasteiger partial charge in [0.2, 0.25) is 0 Å². The number of ketones is 1. The summed E-state index contributed by atoms with van der Waals surface area (Å²) in [4.78, 5) is 26.4. The number of aromatic carboxylic acids is 1. The van der Waals surface area contributed by atoms with E-state index < -0.39 is 5.97 Å². The third-order valence-corrected chi connectivity index (χ3v) is 3.55. The summed E-state index contributed by atoms with van der Waals surface area (Å²) in [7, 11) is 0. The van der Waals surface area contributed by atoms with E-state index in [1.165, 1.54) is 6.92 Å². The van der Waals surface area contributed by atoms with Gasteiger partial charge in [0.15, 0.2) is 16.6 Å². The van der Waals surface area contributed by atoms with Crippen LogP contribution in [0.5, 0.6) is 0 Å². The Bertz CT molecular complexity index is 393. The maximum atomic E-state index is 11.3. The molecule has 0 aliphatic heterocycles. The SMILES string of the molecule is CCC(CC)Nc1nc(C(=O)O)c(C(C)=O)s1. The Morgan fingerprint density at radius 3 is 2.35 bits per heavy atom. The topological polar surface area (TPSA) is 79.3 Å². The predicted molar refractivity (Wildman–Crippen MR) is 67.1 cm³/mol. The molecule has 0 saturated heterocycles. The van der Waals surface area contributed by atoms with E-state index in [1.807, 2.05) is 13.8 Å². The first-order valence-electron chi connectivity index (χ1n) is 5.51. The summed E-state index contributed by atoms with van der Waals surface area (Å²) in [5.74, 6) is -1.43. The Hall–Kier alpha value is -1.43. The summed E-state index contributed by atoms with van der Waals surface area (Å²) >= 11 is 1.10. The molecule has 0 aliphatic rings. The highest BCUT2D eigenvalue weighted by Crippen LogP contribution is 2.25. The maximum absolute atomic E-state index is 11.3. The van der Waals surface area contributed by atoms with E-state index in [0.29, 0.717) is 5.13 Å². The van der Waals surface area contributed by atoms with Crippen molar-refractivity contribution in [2.75, 3.05) is 5.32 Å². The molecular formula is C11H16N2O3S. The van der Waals surface area contributed by atoms with Crippen LogP contribution < -0.4 is 5.32 Å². The molecule has 0 amide bonds. The average Bonchev–Trinajstić information content (AvgIpc) is 2.70. The molecular weight excluding hydrogens is 240 g/mol. The summed E-state index contributed by atoms with van der Waals surface area (Å²) in [6.07, 6.45) is 1.85. The van der Waals surface area contributed by atoms with Crippen LogP contribution in [0.15, 0.2) is 0 Å². The number of carboxylic acids is 1. The molecule has 1 heterocycles. The van der Waals surface area contributed by atoms with Gasteiger partial charge in [-0.1, -0.05) is 25.2 Å².